The Morgan fingerprint density at radius 3 is 2.60 bits per heavy atom. The zero-order chi connectivity index (χ0) is 11.1. The molecule has 0 N–H and O–H groups in total. The van der Waals surface area contributed by atoms with Gasteiger partial charge in [0, 0.05) is 19.7 Å². The van der Waals surface area contributed by atoms with Crippen molar-refractivity contribution in [2.24, 2.45) is 20.5 Å². The van der Waals surface area contributed by atoms with Crippen molar-refractivity contribution in [2.75, 3.05) is 20.6 Å². The minimum absolute atomic E-state index is 0.0484. The largest absolute Gasteiger partial charge is 0.292 e. The third kappa shape index (κ3) is 3.05. The van der Waals surface area contributed by atoms with Crippen LogP contribution >= 0.6 is 0 Å². The summed E-state index contributed by atoms with van der Waals surface area (Å²) >= 11 is 0. The summed E-state index contributed by atoms with van der Waals surface area (Å²) in [5, 5.41) is 14.7. The zero-order valence-electron chi connectivity index (χ0n) is 8.71. The Labute approximate surface area is 87.9 Å². The van der Waals surface area contributed by atoms with Gasteiger partial charge in [0.25, 0.3) is 0 Å². The number of nitrogens with zero attached hydrogens (tertiary/aromatic N) is 4. The molecule has 78 valence electrons. The third-order valence-electron chi connectivity index (χ3n) is 1.77. The highest BCUT2D eigenvalue weighted by Gasteiger charge is 2.09. The van der Waals surface area contributed by atoms with E-state index in [0.717, 1.165) is 0 Å². The lowest BCUT2D eigenvalue weighted by Gasteiger charge is -2.00. The Morgan fingerprint density at radius 1 is 1.20 bits per heavy atom. The first kappa shape index (κ1) is 11.2. The van der Waals surface area contributed by atoms with E-state index in [2.05, 4.69) is 20.5 Å². The Hall–Kier alpha value is -1.91. The number of ketones is 1. The second-order valence-electron chi connectivity index (χ2n) is 2.74. The van der Waals surface area contributed by atoms with Gasteiger partial charge in [-0.1, -0.05) is 12.1 Å². The molecular weight excluding hydrogens is 192 g/mol. The van der Waals surface area contributed by atoms with Gasteiger partial charge in [0.15, 0.2) is 5.78 Å². The number of benzene rings is 1. The molecule has 5 nitrogen and oxygen atoms in total. The van der Waals surface area contributed by atoms with Gasteiger partial charge in [-0.15, -0.1) is 0 Å². The molecule has 0 aromatic heterocycles. The molecule has 0 saturated heterocycles. The molecule has 0 atom stereocenters. The molecule has 0 saturated carbocycles. The monoisotopic (exact) mass is 204 g/mol. The van der Waals surface area contributed by atoms with Crippen LogP contribution in [-0.2, 0) is 0 Å². The summed E-state index contributed by atoms with van der Waals surface area (Å²) in [5.74, 6) is -0.108. The fourth-order valence-corrected chi connectivity index (χ4v) is 1.12. The van der Waals surface area contributed by atoms with E-state index in [-0.39, 0.29) is 12.3 Å². The summed E-state index contributed by atoms with van der Waals surface area (Å²) in [6, 6.07) is 7.04. The Morgan fingerprint density at radius 2 is 1.93 bits per heavy atom. The molecule has 0 aliphatic heterocycles. The van der Waals surface area contributed by atoms with E-state index in [1.165, 1.54) is 7.05 Å². The lowest BCUT2D eigenvalue weighted by Crippen LogP contribution is -2.02. The van der Waals surface area contributed by atoms with Crippen molar-refractivity contribution >= 4 is 11.5 Å². The van der Waals surface area contributed by atoms with Crippen molar-refractivity contribution in [1.29, 1.82) is 0 Å². The fraction of sp³-hybridized carbons (Fsp3) is 0.300. The number of hydrogen-bond donors (Lipinski definition) is 0. The van der Waals surface area contributed by atoms with Gasteiger partial charge in [-0.05, 0) is 12.1 Å². The van der Waals surface area contributed by atoms with Crippen molar-refractivity contribution in [3.8, 4) is 0 Å². The maximum Gasteiger partial charge on any atom is 0.188 e. The second-order valence-corrected chi connectivity index (χ2v) is 2.74. The Kier molecular flexibility index (Phi) is 4.28. The summed E-state index contributed by atoms with van der Waals surface area (Å²) in [7, 11) is 3.10. The van der Waals surface area contributed by atoms with Gasteiger partial charge in [0.05, 0.1) is 5.69 Å². The highest BCUT2D eigenvalue weighted by molar-refractivity contribution is 6.01. The van der Waals surface area contributed by atoms with Crippen LogP contribution in [0.5, 0.6) is 0 Å². The lowest BCUT2D eigenvalue weighted by molar-refractivity contribution is 0.100. The van der Waals surface area contributed by atoms with E-state index < -0.39 is 0 Å². The fourth-order valence-electron chi connectivity index (χ4n) is 1.12. The van der Waals surface area contributed by atoms with Crippen molar-refractivity contribution in [2.45, 2.75) is 0 Å². The van der Waals surface area contributed by atoms with Crippen molar-refractivity contribution < 1.29 is 4.79 Å². The molecule has 5 heteroatoms. The van der Waals surface area contributed by atoms with Gasteiger partial charge in [-0.3, -0.25) is 4.79 Å². The van der Waals surface area contributed by atoms with Crippen LogP contribution in [0.2, 0.25) is 0 Å². The second kappa shape index (κ2) is 5.74. The number of rotatable bonds is 4. The molecular formula is C10H12N4O. The van der Waals surface area contributed by atoms with Crippen LogP contribution in [0.3, 0.4) is 0 Å². The van der Waals surface area contributed by atoms with Gasteiger partial charge < -0.3 is 0 Å². The molecule has 0 aliphatic carbocycles. The maximum absolute atomic E-state index is 11.6. The number of carbonyl (C=O) groups excluding carboxylic acids is 1. The van der Waals surface area contributed by atoms with Crippen LogP contribution in [-0.4, -0.2) is 26.4 Å². The molecule has 0 spiro atoms. The molecule has 0 radical (unpaired) electrons. The first-order chi connectivity index (χ1) is 7.29. The number of carbonyl (C=O) groups is 1. The normalized spacial score (nSPS) is 11.3. The summed E-state index contributed by atoms with van der Waals surface area (Å²) < 4.78 is 0. The first-order valence-electron chi connectivity index (χ1n) is 4.47. The number of hydrogen-bond acceptors (Lipinski definition) is 5. The maximum atomic E-state index is 11.6. The average Bonchev–Trinajstić information content (AvgIpc) is 2.27. The van der Waals surface area contributed by atoms with E-state index in [4.69, 9.17) is 0 Å². The Bertz CT molecular complexity index is 398. The van der Waals surface area contributed by atoms with Crippen LogP contribution in [0.4, 0.5) is 5.69 Å². The van der Waals surface area contributed by atoms with Gasteiger partial charge in [0.1, 0.15) is 6.54 Å². The first-order valence-corrected chi connectivity index (χ1v) is 4.47. The molecule has 0 fully saturated rings. The highest BCUT2D eigenvalue weighted by Crippen LogP contribution is 2.19. The lowest BCUT2D eigenvalue weighted by atomic mass is 10.1. The summed E-state index contributed by atoms with van der Waals surface area (Å²) in [4.78, 5) is 11.6. The van der Waals surface area contributed by atoms with Crippen molar-refractivity contribution in [3.05, 3.63) is 29.8 Å². The van der Waals surface area contributed by atoms with E-state index in [9.17, 15) is 4.79 Å². The van der Waals surface area contributed by atoms with Gasteiger partial charge in [-0.2, -0.15) is 20.5 Å². The zero-order valence-corrected chi connectivity index (χ0v) is 8.71. The average molecular weight is 204 g/mol. The molecule has 1 aromatic rings. The summed E-state index contributed by atoms with van der Waals surface area (Å²) in [5.41, 5.74) is 1.09. The number of Topliss-reactive ketones (excluding diaryl/α,β-unsaturated/α-hetero) is 1. The topological polar surface area (TPSA) is 66.5 Å². The molecule has 0 unspecified atom stereocenters. The molecule has 0 aliphatic rings. The summed E-state index contributed by atoms with van der Waals surface area (Å²) in [6.07, 6.45) is 0. The van der Waals surface area contributed by atoms with Gasteiger partial charge >= 0.3 is 0 Å². The molecule has 0 amide bonds. The van der Waals surface area contributed by atoms with E-state index in [0.29, 0.717) is 11.3 Å². The Balaban J connectivity index is 2.97. The minimum atomic E-state index is -0.108. The van der Waals surface area contributed by atoms with Crippen LogP contribution in [0.1, 0.15) is 10.4 Å². The molecule has 1 rings (SSSR count). The van der Waals surface area contributed by atoms with Gasteiger partial charge in [0.2, 0.25) is 0 Å². The SMILES string of the molecule is CN=NCC(=O)c1ccccc1N=NC. The molecule has 0 heterocycles. The van der Waals surface area contributed by atoms with Gasteiger partial charge in [-0.25, -0.2) is 0 Å². The minimum Gasteiger partial charge on any atom is -0.292 e. The van der Waals surface area contributed by atoms with E-state index in [1.807, 2.05) is 6.07 Å². The van der Waals surface area contributed by atoms with Crippen LogP contribution in [0.25, 0.3) is 0 Å². The predicted molar refractivity (Wildman–Crippen MR) is 56.9 cm³/mol. The van der Waals surface area contributed by atoms with Crippen LogP contribution in [0.15, 0.2) is 44.7 Å². The summed E-state index contributed by atoms with van der Waals surface area (Å²) in [6.45, 7) is 0.0484. The molecule has 0 bridgehead atoms. The van der Waals surface area contributed by atoms with E-state index in [1.54, 1.807) is 25.2 Å². The smallest absolute Gasteiger partial charge is 0.188 e. The van der Waals surface area contributed by atoms with E-state index >= 15 is 0 Å². The molecule has 15 heavy (non-hydrogen) atoms. The highest BCUT2D eigenvalue weighted by atomic mass is 16.1. The number of azo groups is 2. The molecule has 1 aromatic carbocycles. The standard InChI is InChI=1S/C10H12N4O/c1-11-13-7-10(15)8-5-3-4-6-9(8)14-12-2/h3-6H,7H2,1-2H3. The van der Waals surface area contributed by atoms with Crippen molar-refractivity contribution in [3.63, 3.8) is 0 Å². The quantitative estimate of drug-likeness (QED) is 0.549. The van der Waals surface area contributed by atoms with Crippen LogP contribution < -0.4 is 0 Å². The van der Waals surface area contributed by atoms with Crippen molar-refractivity contribution in [1.82, 2.24) is 0 Å². The van der Waals surface area contributed by atoms with Crippen LogP contribution in [0, 0.1) is 0 Å². The predicted octanol–water partition coefficient (Wildman–Crippen LogP) is 2.66. The third-order valence-corrected chi connectivity index (χ3v) is 1.77.